The molecule has 1 aliphatic carbocycles. The third-order valence-corrected chi connectivity index (χ3v) is 3.23. The van der Waals surface area contributed by atoms with Crippen LogP contribution in [0.25, 0.3) is 0 Å². The first-order valence-electron chi connectivity index (χ1n) is 6.08. The van der Waals surface area contributed by atoms with Crippen LogP contribution in [-0.4, -0.2) is 29.9 Å². The highest BCUT2D eigenvalue weighted by molar-refractivity contribution is 5.79. The van der Waals surface area contributed by atoms with Crippen LogP contribution in [0.4, 0.5) is 0 Å². The van der Waals surface area contributed by atoms with Gasteiger partial charge in [0, 0.05) is 18.5 Å². The molecule has 0 aromatic rings. The molecule has 0 radical (unpaired) electrons. The lowest BCUT2D eigenvalue weighted by Gasteiger charge is -2.29. The zero-order valence-electron chi connectivity index (χ0n) is 10.2. The van der Waals surface area contributed by atoms with Crippen molar-refractivity contribution in [2.75, 3.05) is 13.1 Å². The molecule has 1 unspecified atom stereocenters. The molecule has 88 valence electrons. The molecule has 3 heteroatoms. The van der Waals surface area contributed by atoms with Crippen molar-refractivity contribution in [2.24, 2.45) is 17.6 Å². The van der Waals surface area contributed by atoms with Gasteiger partial charge in [-0.25, -0.2) is 0 Å². The fourth-order valence-electron chi connectivity index (χ4n) is 1.94. The van der Waals surface area contributed by atoms with Crippen molar-refractivity contribution >= 4 is 5.91 Å². The van der Waals surface area contributed by atoms with E-state index < -0.39 is 0 Å². The first-order valence-corrected chi connectivity index (χ1v) is 6.08. The molecule has 15 heavy (non-hydrogen) atoms. The van der Waals surface area contributed by atoms with Crippen molar-refractivity contribution in [2.45, 2.75) is 46.1 Å². The molecule has 1 rings (SSSR count). The molecule has 0 aromatic carbocycles. The maximum absolute atomic E-state index is 12.2. The highest BCUT2D eigenvalue weighted by atomic mass is 16.2. The minimum Gasteiger partial charge on any atom is -0.340 e. The molecule has 0 heterocycles. The number of amides is 1. The lowest BCUT2D eigenvalue weighted by molar-refractivity contribution is -0.137. The molecule has 1 aliphatic rings. The van der Waals surface area contributed by atoms with E-state index in [1.807, 2.05) is 4.90 Å². The molecule has 1 saturated carbocycles. The molecule has 1 amide bonds. The topological polar surface area (TPSA) is 46.3 Å². The Morgan fingerprint density at radius 3 is 2.40 bits per heavy atom. The van der Waals surface area contributed by atoms with Crippen molar-refractivity contribution in [1.29, 1.82) is 0 Å². The van der Waals surface area contributed by atoms with Gasteiger partial charge < -0.3 is 10.6 Å². The number of hydrogen-bond acceptors (Lipinski definition) is 2. The smallest absolute Gasteiger partial charge is 0.225 e. The summed E-state index contributed by atoms with van der Waals surface area (Å²) in [5.41, 5.74) is 5.49. The van der Waals surface area contributed by atoms with E-state index in [1.54, 1.807) is 0 Å². The van der Waals surface area contributed by atoms with Gasteiger partial charge in [0.05, 0.1) is 0 Å². The van der Waals surface area contributed by atoms with Gasteiger partial charge in [0.2, 0.25) is 5.91 Å². The van der Waals surface area contributed by atoms with Crippen LogP contribution in [0.1, 0.15) is 40.0 Å². The van der Waals surface area contributed by atoms with Gasteiger partial charge in [0.25, 0.3) is 0 Å². The summed E-state index contributed by atoms with van der Waals surface area (Å²) in [5.74, 6) is 1.18. The summed E-state index contributed by atoms with van der Waals surface area (Å²) in [6.07, 6.45) is 3.37. The van der Waals surface area contributed by atoms with E-state index in [1.165, 1.54) is 12.8 Å². The molecular formula is C12H24N2O. The number of nitrogens with two attached hydrogens (primary N) is 1. The Balaban J connectivity index is 2.49. The first-order chi connectivity index (χ1) is 7.07. The van der Waals surface area contributed by atoms with Gasteiger partial charge in [0.1, 0.15) is 0 Å². The van der Waals surface area contributed by atoms with E-state index in [0.29, 0.717) is 24.4 Å². The van der Waals surface area contributed by atoms with Gasteiger partial charge in [-0.05, 0) is 45.6 Å². The Morgan fingerprint density at radius 1 is 1.40 bits per heavy atom. The third kappa shape index (κ3) is 3.49. The van der Waals surface area contributed by atoms with Crippen molar-refractivity contribution in [3.8, 4) is 0 Å². The van der Waals surface area contributed by atoms with Gasteiger partial charge >= 0.3 is 0 Å². The third-order valence-electron chi connectivity index (χ3n) is 3.23. The van der Waals surface area contributed by atoms with Crippen LogP contribution in [0.5, 0.6) is 0 Å². The highest BCUT2D eigenvalue weighted by Crippen LogP contribution is 2.37. The van der Waals surface area contributed by atoms with Gasteiger partial charge in [0.15, 0.2) is 0 Å². The average Bonchev–Trinajstić information content (AvgIpc) is 2.99. The minimum absolute atomic E-state index is 0.213. The number of carbonyl (C=O) groups excluding carboxylic acids is 1. The van der Waals surface area contributed by atoms with Crippen LogP contribution in [-0.2, 0) is 4.79 Å². The maximum atomic E-state index is 12.2. The predicted octanol–water partition coefficient (Wildman–Crippen LogP) is 1.62. The van der Waals surface area contributed by atoms with Crippen molar-refractivity contribution in [1.82, 2.24) is 4.90 Å². The molecule has 0 bridgehead atoms. The predicted molar refractivity (Wildman–Crippen MR) is 62.4 cm³/mol. The normalized spacial score (nSPS) is 17.9. The first kappa shape index (κ1) is 12.5. The van der Waals surface area contributed by atoms with E-state index in [0.717, 1.165) is 13.0 Å². The van der Waals surface area contributed by atoms with Crippen LogP contribution in [0.3, 0.4) is 0 Å². The number of carbonyl (C=O) groups is 1. The zero-order chi connectivity index (χ0) is 11.4. The zero-order valence-corrected chi connectivity index (χ0v) is 10.2. The Kier molecular flexibility index (Phi) is 4.58. The largest absolute Gasteiger partial charge is 0.340 e. The van der Waals surface area contributed by atoms with Gasteiger partial charge in [-0.1, -0.05) is 6.92 Å². The van der Waals surface area contributed by atoms with Gasteiger partial charge in [-0.15, -0.1) is 0 Å². The number of nitrogens with zero attached hydrogens (tertiary/aromatic N) is 1. The van der Waals surface area contributed by atoms with Crippen LogP contribution >= 0.6 is 0 Å². The molecule has 0 spiro atoms. The second-order valence-corrected chi connectivity index (χ2v) is 4.89. The van der Waals surface area contributed by atoms with Gasteiger partial charge in [-0.3, -0.25) is 4.79 Å². The Morgan fingerprint density at radius 2 is 2.00 bits per heavy atom. The lowest BCUT2D eigenvalue weighted by atomic mass is 10.0. The van der Waals surface area contributed by atoms with E-state index >= 15 is 0 Å². The molecule has 1 atom stereocenters. The fraction of sp³-hybridized carbons (Fsp3) is 0.917. The van der Waals surface area contributed by atoms with E-state index in [-0.39, 0.29) is 5.92 Å². The Hall–Kier alpha value is -0.570. The Labute approximate surface area is 93.0 Å². The SMILES string of the molecule is CC(C(=O)N(CCCN)C(C)C)C1CC1. The van der Waals surface area contributed by atoms with E-state index in [2.05, 4.69) is 20.8 Å². The molecule has 0 aliphatic heterocycles. The van der Waals surface area contributed by atoms with Gasteiger partial charge in [-0.2, -0.15) is 0 Å². The summed E-state index contributed by atoms with van der Waals surface area (Å²) in [6, 6.07) is 0.297. The summed E-state index contributed by atoms with van der Waals surface area (Å²) in [5, 5.41) is 0. The minimum atomic E-state index is 0.213. The quantitative estimate of drug-likeness (QED) is 0.727. The van der Waals surface area contributed by atoms with Crippen molar-refractivity contribution in [3.05, 3.63) is 0 Å². The molecule has 2 N–H and O–H groups in total. The standard InChI is InChI=1S/C12H24N2O/c1-9(2)14(8-4-7-13)12(15)10(3)11-5-6-11/h9-11H,4-8,13H2,1-3H3. The van der Waals surface area contributed by atoms with E-state index in [9.17, 15) is 4.79 Å². The van der Waals surface area contributed by atoms with Crippen molar-refractivity contribution < 1.29 is 4.79 Å². The fourth-order valence-corrected chi connectivity index (χ4v) is 1.94. The van der Waals surface area contributed by atoms with E-state index in [4.69, 9.17) is 5.73 Å². The molecule has 0 saturated heterocycles. The summed E-state index contributed by atoms with van der Waals surface area (Å²) in [4.78, 5) is 14.1. The lowest BCUT2D eigenvalue weighted by Crippen LogP contribution is -2.41. The van der Waals surface area contributed by atoms with Crippen molar-refractivity contribution in [3.63, 3.8) is 0 Å². The molecule has 3 nitrogen and oxygen atoms in total. The molecule has 0 aromatic heterocycles. The summed E-state index contributed by atoms with van der Waals surface area (Å²) in [7, 11) is 0. The highest BCUT2D eigenvalue weighted by Gasteiger charge is 2.35. The summed E-state index contributed by atoms with van der Waals surface area (Å²) < 4.78 is 0. The molecular weight excluding hydrogens is 188 g/mol. The van der Waals surface area contributed by atoms with Crippen LogP contribution in [0, 0.1) is 11.8 Å². The number of rotatable bonds is 6. The summed E-state index contributed by atoms with van der Waals surface area (Å²) in [6.45, 7) is 7.69. The second kappa shape index (κ2) is 5.50. The molecule has 1 fully saturated rings. The monoisotopic (exact) mass is 212 g/mol. The summed E-state index contributed by atoms with van der Waals surface area (Å²) >= 11 is 0. The second-order valence-electron chi connectivity index (χ2n) is 4.89. The maximum Gasteiger partial charge on any atom is 0.225 e. The average molecular weight is 212 g/mol. The van der Waals surface area contributed by atoms with Crippen LogP contribution in [0.2, 0.25) is 0 Å². The number of hydrogen-bond donors (Lipinski definition) is 1. The Bertz CT molecular complexity index is 212. The van der Waals surface area contributed by atoms with Crippen LogP contribution < -0.4 is 5.73 Å². The van der Waals surface area contributed by atoms with Crippen LogP contribution in [0.15, 0.2) is 0 Å².